The van der Waals surface area contributed by atoms with Crippen LogP contribution in [0.5, 0.6) is 0 Å². The van der Waals surface area contributed by atoms with Crippen LogP contribution in [0.15, 0.2) is 4.99 Å². The van der Waals surface area contributed by atoms with Gasteiger partial charge >= 0.3 is 0 Å². The SMILES string of the molecule is CC(C)CC1CSC(=NCCN(C)C)N1. The number of rotatable bonds is 5. The highest BCUT2D eigenvalue weighted by atomic mass is 32.2. The van der Waals surface area contributed by atoms with Gasteiger partial charge < -0.3 is 10.2 Å². The van der Waals surface area contributed by atoms with Gasteiger partial charge in [0.05, 0.1) is 6.54 Å². The Labute approximate surface area is 97.7 Å². The van der Waals surface area contributed by atoms with Gasteiger partial charge in [0, 0.05) is 18.3 Å². The highest BCUT2D eigenvalue weighted by Crippen LogP contribution is 2.18. The van der Waals surface area contributed by atoms with Crippen LogP contribution < -0.4 is 5.32 Å². The molecule has 0 aromatic rings. The van der Waals surface area contributed by atoms with Crippen LogP contribution >= 0.6 is 11.8 Å². The predicted octanol–water partition coefficient (Wildman–Crippen LogP) is 1.66. The summed E-state index contributed by atoms with van der Waals surface area (Å²) in [5.74, 6) is 1.95. The van der Waals surface area contributed by atoms with E-state index in [4.69, 9.17) is 0 Å². The van der Waals surface area contributed by atoms with Gasteiger partial charge in [0.1, 0.15) is 0 Å². The Morgan fingerprint density at radius 3 is 2.87 bits per heavy atom. The summed E-state index contributed by atoms with van der Waals surface area (Å²) in [5, 5.41) is 4.63. The molecule has 1 atom stereocenters. The molecule has 0 spiro atoms. The normalized spacial score (nSPS) is 24.1. The van der Waals surface area contributed by atoms with Crippen molar-refractivity contribution >= 4 is 16.9 Å². The Kier molecular flexibility index (Phi) is 5.47. The maximum absolute atomic E-state index is 4.55. The second kappa shape index (κ2) is 6.38. The summed E-state index contributed by atoms with van der Waals surface area (Å²) >= 11 is 1.86. The van der Waals surface area contributed by atoms with Crippen LogP contribution in [0.3, 0.4) is 0 Å². The number of thioether (sulfide) groups is 1. The molecule has 0 radical (unpaired) electrons. The molecule has 3 nitrogen and oxygen atoms in total. The average molecular weight is 229 g/mol. The molecule has 0 bridgehead atoms. The van der Waals surface area contributed by atoms with Gasteiger partial charge in [0.2, 0.25) is 0 Å². The summed E-state index contributed by atoms with van der Waals surface area (Å²) < 4.78 is 0. The summed E-state index contributed by atoms with van der Waals surface area (Å²) in [6.07, 6.45) is 1.25. The lowest BCUT2D eigenvalue weighted by Gasteiger charge is -2.12. The van der Waals surface area contributed by atoms with Crippen molar-refractivity contribution in [2.45, 2.75) is 26.3 Å². The molecule has 0 aromatic carbocycles. The lowest BCUT2D eigenvalue weighted by atomic mass is 10.1. The van der Waals surface area contributed by atoms with Crippen LogP contribution in [0, 0.1) is 5.92 Å². The summed E-state index contributed by atoms with van der Waals surface area (Å²) in [4.78, 5) is 6.71. The van der Waals surface area contributed by atoms with Crippen LogP contribution in [0.25, 0.3) is 0 Å². The van der Waals surface area contributed by atoms with E-state index in [2.05, 4.69) is 43.2 Å². The van der Waals surface area contributed by atoms with Crippen molar-refractivity contribution in [1.29, 1.82) is 0 Å². The molecule has 0 aromatic heterocycles. The van der Waals surface area contributed by atoms with Crippen molar-refractivity contribution in [2.24, 2.45) is 10.9 Å². The Morgan fingerprint density at radius 2 is 2.27 bits per heavy atom. The van der Waals surface area contributed by atoms with Crippen molar-refractivity contribution in [3.8, 4) is 0 Å². The van der Waals surface area contributed by atoms with Crippen LogP contribution in [0.4, 0.5) is 0 Å². The minimum atomic E-state index is 0.633. The summed E-state index contributed by atoms with van der Waals surface area (Å²) in [5.41, 5.74) is 0. The van der Waals surface area contributed by atoms with Gasteiger partial charge in [0.25, 0.3) is 0 Å². The van der Waals surface area contributed by atoms with E-state index in [9.17, 15) is 0 Å². The van der Waals surface area contributed by atoms with Gasteiger partial charge in [-0.3, -0.25) is 4.99 Å². The fourth-order valence-electron chi connectivity index (χ4n) is 1.58. The Bertz CT molecular complexity index is 214. The third kappa shape index (κ3) is 5.42. The van der Waals surface area contributed by atoms with Gasteiger partial charge in [-0.15, -0.1) is 0 Å². The zero-order chi connectivity index (χ0) is 11.3. The van der Waals surface area contributed by atoms with E-state index in [1.165, 1.54) is 12.2 Å². The average Bonchev–Trinajstić information content (AvgIpc) is 2.50. The number of nitrogens with zero attached hydrogens (tertiary/aromatic N) is 2. The van der Waals surface area contributed by atoms with Crippen molar-refractivity contribution in [3.05, 3.63) is 0 Å². The fraction of sp³-hybridized carbons (Fsp3) is 0.909. The van der Waals surface area contributed by atoms with E-state index in [-0.39, 0.29) is 0 Å². The minimum absolute atomic E-state index is 0.633. The molecular weight excluding hydrogens is 206 g/mol. The largest absolute Gasteiger partial charge is 0.361 e. The highest BCUT2D eigenvalue weighted by molar-refractivity contribution is 8.14. The maximum Gasteiger partial charge on any atom is 0.156 e. The predicted molar refractivity (Wildman–Crippen MR) is 69.7 cm³/mol. The molecule has 1 rings (SSSR count). The molecule has 15 heavy (non-hydrogen) atoms. The standard InChI is InChI=1S/C11H23N3S/c1-9(2)7-10-8-15-11(13-10)12-5-6-14(3)4/h9-10H,5-8H2,1-4H3,(H,12,13). The number of hydrogen-bond donors (Lipinski definition) is 1. The van der Waals surface area contributed by atoms with Crippen molar-refractivity contribution in [2.75, 3.05) is 32.9 Å². The Balaban J connectivity index is 2.23. The quantitative estimate of drug-likeness (QED) is 0.777. The minimum Gasteiger partial charge on any atom is -0.361 e. The molecule has 0 aliphatic carbocycles. The molecule has 1 N–H and O–H groups in total. The summed E-state index contributed by atoms with van der Waals surface area (Å²) in [6.45, 7) is 6.47. The number of hydrogen-bond acceptors (Lipinski definition) is 3. The number of likely N-dealkylation sites (N-methyl/N-ethyl adjacent to an activating group) is 1. The van der Waals surface area contributed by atoms with Gasteiger partial charge in [0.15, 0.2) is 5.17 Å². The number of amidine groups is 1. The van der Waals surface area contributed by atoms with Gasteiger partial charge in [-0.05, 0) is 26.4 Å². The van der Waals surface area contributed by atoms with E-state index in [1.807, 2.05) is 11.8 Å². The molecule has 1 aliphatic rings. The second-order valence-electron chi connectivity index (χ2n) is 4.77. The van der Waals surface area contributed by atoms with Crippen molar-refractivity contribution in [1.82, 2.24) is 10.2 Å². The molecule has 0 amide bonds. The molecule has 88 valence electrons. The van der Waals surface area contributed by atoms with Crippen LogP contribution in [0.2, 0.25) is 0 Å². The topological polar surface area (TPSA) is 27.6 Å². The summed E-state index contributed by atoms with van der Waals surface area (Å²) in [7, 11) is 4.16. The van der Waals surface area contributed by atoms with Crippen molar-refractivity contribution in [3.63, 3.8) is 0 Å². The van der Waals surface area contributed by atoms with Gasteiger partial charge in [-0.2, -0.15) is 0 Å². The molecule has 4 heteroatoms. The zero-order valence-electron chi connectivity index (χ0n) is 10.3. The lowest BCUT2D eigenvalue weighted by molar-refractivity contribution is 0.420. The molecule has 1 saturated heterocycles. The van der Waals surface area contributed by atoms with Crippen LogP contribution in [0.1, 0.15) is 20.3 Å². The third-order valence-corrected chi connectivity index (χ3v) is 3.40. The van der Waals surface area contributed by atoms with Crippen LogP contribution in [-0.2, 0) is 0 Å². The van der Waals surface area contributed by atoms with E-state index in [0.717, 1.165) is 24.2 Å². The third-order valence-electron chi connectivity index (χ3n) is 2.31. The van der Waals surface area contributed by atoms with E-state index >= 15 is 0 Å². The first-order valence-electron chi connectivity index (χ1n) is 5.66. The molecule has 0 saturated carbocycles. The van der Waals surface area contributed by atoms with Crippen LogP contribution in [-0.4, -0.2) is 49.0 Å². The lowest BCUT2D eigenvalue weighted by Crippen LogP contribution is -2.28. The zero-order valence-corrected chi connectivity index (χ0v) is 11.1. The fourth-order valence-corrected chi connectivity index (χ4v) is 2.59. The molecule has 1 unspecified atom stereocenters. The monoisotopic (exact) mass is 229 g/mol. The molecule has 1 fully saturated rings. The maximum atomic E-state index is 4.55. The first kappa shape index (κ1) is 12.8. The molecule has 1 heterocycles. The highest BCUT2D eigenvalue weighted by Gasteiger charge is 2.20. The van der Waals surface area contributed by atoms with Gasteiger partial charge in [-0.25, -0.2) is 0 Å². The Morgan fingerprint density at radius 1 is 1.53 bits per heavy atom. The van der Waals surface area contributed by atoms with Gasteiger partial charge in [-0.1, -0.05) is 25.6 Å². The smallest absolute Gasteiger partial charge is 0.156 e. The molecule has 1 aliphatic heterocycles. The number of nitrogens with one attached hydrogen (secondary N) is 1. The first-order valence-corrected chi connectivity index (χ1v) is 6.65. The van der Waals surface area contributed by atoms with E-state index < -0.39 is 0 Å². The molecular formula is C11H23N3S. The first-order chi connectivity index (χ1) is 7.08. The summed E-state index contributed by atoms with van der Waals surface area (Å²) in [6, 6.07) is 0.633. The number of aliphatic imine (C=N–C) groups is 1. The van der Waals surface area contributed by atoms with E-state index in [0.29, 0.717) is 6.04 Å². The van der Waals surface area contributed by atoms with E-state index in [1.54, 1.807) is 0 Å². The second-order valence-corrected chi connectivity index (χ2v) is 5.78. The van der Waals surface area contributed by atoms with Crippen molar-refractivity contribution < 1.29 is 0 Å². The Hall–Kier alpha value is -0.220.